The average Bonchev–Trinajstić information content (AvgIpc) is 2.84. The van der Waals surface area contributed by atoms with Gasteiger partial charge in [0.05, 0.1) is 17.1 Å². The number of nitrogens with zero attached hydrogens (tertiary/aromatic N) is 4. The normalized spacial score (nSPS) is 25.1. The van der Waals surface area contributed by atoms with Gasteiger partial charge in [0.25, 0.3) is 0 Å². The molecule has 2 fully saturated rings. The van der Waals surface area contributed by atoms with Gasteiger partial charge in [0.2, 0.25) is 5.82 Å². The molecule has 0 amide bonds. The second kappa shape index (κ2) is 5.17. The summed E-state index contributed by atoms with van der Waals surface area (Å²) in [6.45, 7) is 1.18. The summed E-state index contributed by atoms with van der Waals surface area (Å²) >= 11 is 0. The van der Waals surface area contributed by atoms with Gasteiger partial charge in [-0.05, 0) is 12.8 Å². The van der Waals surface area contributed by atoms with E-state index in [9.17, 15) is 10.1 Å². The number of rotatable bonds is 3. The van der Waals surface area contributed by atoms with Crippen LogP contribution in [0.2, 0.25) is 0 Å². The van der Waals surface area contributed by atoms with E-state index in [4.69, 9.17) is 15.7 Å². The van der Waals surface area contributed by atoms with E-state index in [2.05, 4.69) is 10.1 Å². The van der Waals surface area contributed by atoms with Crippen LogP contribution in [0.1, 0.15) is 18.4 Å². The van der Waals surface area contributed by atoms with Gasteiger partial charge in [-0.2, -0.15) is 0 Å². The Morgan fingerprint density at radius 1 is 1.52 bits per heavy atom. The van der Waals surface area contributed by atoms with Crippen LogP contribution in [-0.2, 0) is 4.74 Å². The molecule has 2 aliphatic rings. The Morgan fingerprint density at radius 2 is 2.19 bits per heavy atom. The summed E-state index contributed by atoms with van der Waals surface area (Å²) < 4.78 is 5.72. The second-order valence-electron chi connectivity index (χ2n) is 5.17. The van der Waals surface area contributed by atoms with E-state index in [1.54, 1.807) is 0 Å². The first-order chi connectivity index (χ1) is 10.1. The summed E-state index contributed by atoms with van der Waals surface area (Å²) in [5, 5.41) is 22.8. The zero-order chi connectivity index (χ0) is 15.0. The van der Waals surface area contributed by atoms with Gasteiger partial charge in [0, 0.05) is 30.9 Å². The number of anilines is 1. The van der Waals surface area contributed by atoms with Crippen LogP contribution in [0.4, 0.5) is 11.5 Å². The van der Waals surface area contributed by atoms with Crippen molar-refractivity contribution in [2.24, 2.45) is 10.9 Å². The fourth-order valence-corrected chi connectivity index (χ4v) is 2.81. The Balaban J connectivity index is 1.96. The molecule has 9 nitrogen and oxygen atoms in total. The SMILES string of the molecule is NC(=NO)c1cnc(N2CC3CCC(C2)O3)c([N+](=O)[O-])c1. The Morgan fingerprint density at radius 3 is 2.76 bits per heavy atom. The van der Waals surface area contributed by atoms with E-state index < -0.39 is 4.92 Å². The van der Waals surface area contributed by atoms with E-state index >= 15 is 0 Å². The summed E-state index contributed by atoms with van der Waals surface area (Å²) in [7, 11) is 0. The van der Waals surface area contributed by atoms with Crippen molar-refractivity contribution in [3.63, 3.8) is 0 Å². The molecule has 0 aliphatic carbocycles. The average molecular weight is 293 g/mol. The number of amidine groups is 1. The van der Waals surface area contributed by atoms with E-state index in [1.807, 2.05) is 4.90 Å². The fourth-order valence-electron chi connectivity index (χ4n) is 2.81. The number of aromatic nitrogens is 1. The van der Waals surface area contributed by atoms with Gasteiger partial charge >= 0.3 is 5.69 Å². The lowest BCUT2D eigenvalue weighted by molar-refractivity contribution is -0.384. The van der Waals surface area contributed by atoms with Crippen molar-refractivity contribution in [2.45, 2.75) is 25.0 Å². The topological polar surface area (TPSA) is 127 Å². The number of hydrogen-bond donors (Lipinski definition) is 2. The zero-order valence-electron chi connectivity index (χ0n) is 11.2. The molecule has 0 saturated carbocycles. The first-order valence-electron chi connectivity index (χ1n) is 6.61. The minimum atomic E-state index is -0.506. The van der Waals surface area contributed by atoms with Crippen molar-refractivity contribution in [2.75, 3.05) is 18.0 Å². The van der Waals surface area contributed by atoms with Crippen LogP contribution >= 0.6 is 0 Å². The van der Waals surface area contributed by atoms with E-state index in [0.29, 0.717) is 18.9 Å². The fraction of sp³-hybridized carbons (Fsp3) is 0.500. The van der Waals surface area contributed by atoms with E-state index in [0.717, 1.165) is 12.8 Å². The monoisotopic (exact) mass is 293 g/mol. The van der Waals surface area contributed by atoms with Crippen LogP contribution in [0, 0.1) is 10.1 Å². The third-order valence-electron chi connectivity index (χ3n) is 3.79. The van der Waals surface area contributed by atoms with Crippen molar-refractivity contribution < 1.29 is 14.9 Å². The predicted octanol–water partition coefficient (Wildman–Crippen LogP) is 0.452. The van der Waals surface area contributed by atoms with Gasteiger partial charge in [0.1, 0.15) is 0 Å². The lowest BCUT2D eigenvalue weighted by atomic mass is 10.2. The molecule has 112 valence electrons. The maximum atomic E-state index is 11.3. The van der Waals surface area contributed by atoms with Gasteiger partial charge in [0.15, 0.2) is 5.84 Å². The maximum absolute atomic E-state index is 11.3. The zero-order valence-corrected chi connectivity index (χ0v) is 11.2. The number of nitrogens with two attached hydrogens (primary N) is 1. The molecule has 2 atom stereocenters. The van der Waals surface area contributed by atoms with Gasteiger partial charge in [-0.3, -0.25) is 10.1 Å². The number of fused-ring (bicyclic) bond motifs is 2. The van der Waals surface area contributed by atoms with Crippen molar-refractivity contribution in [3.05, 3.63) is 27.9 Å². The van der Waals surface area contributed by atoms with Gasteiger partial charge in [-0.15, -0.1) is 0 Å². The third-order valence-corrected chi connectivity index (χ3v) is 3.79. The molecule has 3 rings (SSSR count). The molecule has 2 aliphatic heterocycles. The molecule has 1 aromatic rings. The molecule has 2 unspecified atom stereocenters. The summed E-state index contributed by atoms with van der Waals surface area (Å²) in [4.78, 5) is 16.8. The number of pyridine rings is 1. The van der Waals surface area contributed by atoms with Gasteiger partial charge < -0.3 is 20.6 Å². The lowest BCUT2D eigenvalue weighted by Gasteiger charge is -2.32. The highest BCUT2D eigenvalue weighted by Gasteiger charge is 2.36. The summed E-state index contributed by atoms with van der Waals surface area (Å²) in [6.07, 6.45) is 3.52. The van der Waals surface area contributed by atoms with Crippen molar-refractivity contribution in [3.8, 4) is 0 Å². The molecule has 0 spiro atoms. The van der Waals surface area contributed by atoms with Gasteiger partial charge in [-0.1, -0.05) is 5.16 Å². The van der Waals surface area contributed by atoms with Crippen molar-refractivity contribution in [1.29, 1.82) is 0 Å². The Labute approximate surface area is 120 Å². The number of morpholine rings is 1. The molecule has 3 N–H and O–H groups in total. The van der Waals surface area contributed by atoms with Gasteiger partial charge in [-0.25, -0.2) is 4.98 Å². The Bertz CT molecular complexity index is 593. The summed E-state index contributed by atoms with van der Waals surface area (Å²) in [5.41, 5.74) is 5.51. The number of oxime groups is 1. The van der Waals surface area contributed by atoms with Crippen LogP contribution in [0.25, 0.3) is 0 Å². The predicted molar refractivity (Wildman–Crippen MR) is 73.5 cm³/mol. The van der Waals surface area contributed by atoms with Crippen molar-refractivity contribution in [1.82, 2.24) is 4.98 Å². The van der Waals surface area contributed by atoms with E-state index in [-0.39, 0.29) is 29.3 Å². The molecule has 1 aromatic heterocycles. The van der Waals surface area contributed by atoms with Crippen LogP contribution in [0.5, 0.6) is 0 Å². The smallest absolute Gasteiger partial charge is 0.312 e. The molecule has 0 aromatic carbocycles. The number of ether oxygens (including phenoxy) is 1. The van der Waals surface area contributed by atoms with Crippen LogP contribution in [0.3, 0.4) is 0 Å². The summed E-state index contributed by atoms with van der Waals surface area (Å²) in [5.74, 6) is 0.0916. The molecular weight excluding hydrogens is 278 g/mol. The first-order valence-corrected chi connectivity index (χ1v) is 6.61. The maximum Gasteiger partial charge on any atom is 0.312 e. The van der Waals surface area contributed by atoms with Crippen LogP contribution < -0.4 is 10.6 Å². The second-order valence-corrected chi connectivity index (χ2v) is 5.17. The quantitative estimate of drug-likeness (QED) is 0.272. The molecule has 2 bridgehead atoms. The molecule has 2 saturated heterocycles. The molecule has 9 heteroatoms. The number of hydrogen-bond acceptors (Lipinski definition) is 7. The molecular formula is C12H15N5O4. The van der Waals surface area contributed by atoms with Crippen molar-refractivity contribution >= 4 is 17.3 Å². The van der Waals surface area contributed by atoms with Crippen LogP contribution in [0.15, 0.2) is 17.4 Å². The highest BCUT2D eigenvalue weighted by atomic mass is 16.6. The van der Waals surface area contributed by atoms with E-state index in [1.165, 1.54) is 12.3 Å². The summed E-state index contributed by atoms with van der Waals surface area (Å²) in [6, 6.07) is 1.27. The Kier molecular flexibility index (Phi) is 3.34. The minimum absolute atomic E-state index is 0.105. The first kappa shape index (κ1) is 13.6. The molecule has 21 heavy (non-hydrogen) atoms. The lowest BCUT2D eigenvalue weighted by Crippen LogP contribution is -2.43. The highest BCUT2D eigenvalue weighted by Crippen LogP contribution is 2.33. The standard InChI is InChI=1S/C12H15N5O4/c13-11(15-18)7-3-10(17(19)20)12(14-4-7)16-5-8-1-2-9(6-16)21-8/h3-4,8-9,18H,1-2,5-6H2,(H2,13,15). The number of nitro groups is 1. The van der Waals surface area contributed by atoms with Crippen LogP contribution in [-0.4, -0.2) is 46.2 Å². The highest BCUT2D eigenvalue weighted by molar-refractivity contribution is 5.97. The molecule has 0 radical (unpaired) electrons. The largest absolute Gasteiger partial charge is 0.409 e. The minimum Gasteiger partial charge on any atom is -0.409 e. The third kappa shape index (κ3) is 2.47. The Hall–Kier alpha value is -2.42. The molecule has 3 heterocycles.